The molecule has 6 heteroatoms. The van der Waals surface area contributed by atoms with Crippen LogP contribution in [0, 0.1) is 11.8 Å². The molecule has 0 unspecified atom stereocenters. The lowest BCUT2D eigenvalue weighted by Gasteiger charge is -2.10. The number of carbonyl (C=O) groups is 2. The van der Waals surface area contributed by atoms with E-state index in [0.717, 1.165) is 19.3 Å². The van der Waals surface area contributed by atoms with Crippen molar-refractivity contribution in [2.75, 3.05) is 6.54 Å². The number of carbonyl (C=O) groups excluding carboxylic acids is 1. The summed E-state index contributed by atoms with van der Waals surface area (Å²) in [6.07, 6.45) is 8.45. The first-order valence-electron chi connectivity index (χ1n) is 8.61. The van der Waals surface area contributed by atoms with Crippen LogP contribution < -0.4 is 5.32 Å². The highest BCUT2D eigenvalue weighted by molar-refractivity contribution is 7.11. The fourth-order valence-corrected chi connectivity index (χ4v) is 4.75. The Morgan fingerprint density at radius 1 is 1.22 bits per heavy atom. The summed E-state index contributed by atoms with van der Waals surface area (Å²) in [5.74, 6) is -1.21. The molecule has 0 radical (unpaired) electrons. The summed E-state index contributed by atoms with van der Waals surface area (Å²) in [5.41, 5.74) is 1.30. The van der Waals surface area contributed by atoms with Gasteiger partial charge in [-0.05, 0) is 51.4 Å². The first-order valence-corrected chi connectivity index (χ1v) is 9.43. The first-order chi connectivity index (χ1) is 11.1. The number of carboxylic acid groups (broad SMARTS) is 1. The number of aryl methyl sites for hydroxylation is 3. The number of aliphatic carboxylic acids is 1. The summed E-state index contributed by atoms with van der Waals surface area (Å²) < 4.78 is 0. The number of amides is 1. The second-order valence-electron chi connectivity index (χ2n) is 6.62. The third-order valence-electron chi connectivity index (χ3n) is 4.91. The number of nitrogens with one attached hydrogen (secondary N) is 1. The standard InChI is InChI=1S/C17H24N2O3S/c20-16(11-7-8-12(10-11)17(21)22)18-9-3-6-15-19-13-4-1-2-5-14(13)23-15/h11-12H,1-10H2,(H,18,20)(H,21,22)/t11-,12+/m0/s1. The normalized spacial score (nSPS) is 23.5. The summed E-state index contributed by atoms with van der Waals surface area (Å²) in [4.78, 5) is 29.2. The van der Waals surface area contributed by atoms with Crippen LogP contribution in [0.2, 0.25) is 0 Å². The maximum absolute atomic E-state index is 12.1. The van der Waals surface area contributed by atoms with Crippen molar-refractivity contribution in [2.24, 2.45) is 11.8 Å². The highest BCUT2D eigenvalue weighted by Crippen LogP contribution is 2.31. The predicted octanol–water partition coefficient (Wildman–Crippen LogP) is 2.57. The lowest BCUT2D eigenvalue weighted by molar-refractivity contribution is -0.141. The number of rotatable bonds is 6. The van der Waals surface area contributed by atoms with Crippen LogP contribution in [0.5, 0.6) is 0 Å². The summed E-state index contributed by atoms with van der Waals surface area (Å²) in [6, 6.07) is 0. The second kappa shape index (κ2) is 7.43. The number of aromatic nitrogens is 1. The third kappa shape index (κ3) is 4.10. The number of nitrogens with zero attached hydrogens (tertiary/aromatic N) is 1. The lowest BCUT2D eigenvalue weighted by atomic mass is 10.0. The minimum Gasteiger partial charge on any atom is -0.481 e. The van der Waals surface area contributed by atoms with E-state index in [4.69, 9.17) is 10.1 Å². The van der Waals surface area contributed by atoms with E-state index in [1.807, 2.05) is 11.3 Å². The Bertz CT molecular complexity index is 561. The Kier molecular flexibility index (Phi) is 5.30. The van der Waals surface area contributed by atoms with Gasteiger partial charge in [-0.2, -0.15) is 0 Å². The van der Waals surface area contributed by atoms with Gasteiger partial charge in [0.05, 0.1) is 16.6 Å². The zero-order valence-corrected chi connectivity index (χ0v) is 14.2. The molecule has 0 aromatic carbocycles. The highest BCUT2D eigenvalue weighted by Gasteiger charge is 2.33. The SMILES string of the molecule is O=C(O)[C@@H]1CC[C@H](C(=O)NCCCc2nc3c(s2)CCCC3)C1. The van der Waals surface area contributed by atoms with Crippen LogP contribution in [0.1, 0.15) is 54.1 Å². The molecule has 126 valence electrons. The van der Waals surface area contributed by atoms with E-state index >= 15 is 0 Å². The van der Waals surface area contributed by atoms with E-state index < -0.39 is 5.97 Å². The van der Waals surface area contributed by atoms with E-state index in [0.29, 0.717) is 25.8 Å². The average Bonchev–Trinajstić information content (AvgIpc) is 3.17. The van der Waals surface area contributed by atoms with Crippen LogP contribution in [-0.4, -0.2) is 28.5 Å². The Morgan fingerprint density at radius 3 is 2.74 bits per heavy atom. The highest BCUT2D eigenvalue weighted by atomic mass is 32.1. The van der Waals surface area contributed by atoms with Crippen LogP contribution in [0.15, 0.2) is 0 Å². The zero-order chi connectivity index (χ0) is 16.2. The van der Waals surface area contributed by atoms with Crippen LogP contribution in [0.25, 0.3) is 0 Å². The molecule has 2 atom stereocenters. The van der Waals surface area contributed by atoms with Crippen LogP contribution in [0.4, 0.5) is 0 Å². The monoisotopic (exact) mass is 336 g/mol. The van der Waals surface area contributed by atoms with Crippen molar-refractivity contribution < 1.29 is 14.7 Å². The molecular formula is C17H24N2O3S. The minimum atomic E-state index is -0.770. The maximum atomic E-state index is 12.1. The lowest BCUT2D eigenvalue weighted by Crippen LogP contribution is -2.30. The first kappa shape index (κ1) is 16.4. The van der Waals surface area contributed by atoms with Crippen molar-refractivity contribution in [2.45, 2.75) is 57.8 Å². The van der Waals surface area contributed by atoms with Crippen molar-refractivity contribution in [3.63, 3.8) is 0 Å². The maximum Gasteiger partial charge on any atom is 0.306 e. The van der Waals surface area contributed by atoms with E-state index in [-0.39, 0.29) is 17.7 Å². The predicted molar refractivity (Wildman–Crippen MR) is 88.6 cm³/mol. The molecule has 0 bridgehead atoms. The number of hydrogen-bond donors (Lipinski definition) is 2. The van der Waals surface area contributed by atoms with Gasteiger partial charge in [0.25, 0.3) is 0 Å². The van der Waals surface area contributed by atoms with E-state index in [2.05, 4.69) is 5.32 Å². The molecule has 1 fully saturated rings. The molecule has 1 amide bonds. The Hall–Kier alpha value is -1.43. The number of hydrogen-bond acceptors (Lipinski definition) is 4. The fraction of sp³-hybridized carbons (Fsp3) is 0.706. The molecule has 2 aliphatic rings. The summed E-state index contributed by atoms with van der Waals surface area (Å²) in [6.45, 7) is 0.650. The van der Waals surface area contributed by atoms with Gasteiger partial charge in [0, 0.05) is 23.8 Å². The molecular weight excluding hydrogens is 312 g/mol. The molecule has 0 aliphatic heterocycles. The summed E-state index contributed by atoms with van der Waals surface area (Å²) in [7, 11) is 0. The summed E-state index contributed by atoms with van der Waals surface area (Å²) in [5, 5.41) is 13.1. The second-order valence-corrected chi connectivity index (χ2v) is 7.79. The van der Waals surface area contributed by atoms with Gasteiger partial charge in [-0.3, -0.25) is 9.59 Å². The quantitative estimate of drug-likeness (QED) is 0.783. The van der Waals surface area contributed by atoms with Gasteiger partial charge in [-0.25, -0.2) is 4.98 Å². The fourth-order valence-electron chi connectivity index (χ4n) is 3.55. The van der Waals surface area contributed by atoms with Gasteiger partial charge in [-0.15, -0.1) is 11.3 Å². The van der Waals surface area contributed by atoms with Crippen molar-refractivity contribution in [3.05, 3.63) is 15.6 Å². The van der Waals surface area contributed by atoms with Crippen LogP contribution in [-0.2, 0) is 28.9 Å². The van der Waals surface area contributed by atoms with Crippen molar-refractivity contribution in [3.8, 4) is 0 Å². The Labute approximate surface area is 140 Å². The van der Waals surface area contributed by atoms with Crippen molar-refractivity contribution >= 4 is 23.2 Å². The smallest absolute Gasteiger partial charge is 0.306 e. The van der Waals surface area contributed by atoms with Crippen LogP contribution >= 0.6 is 11.3 Å². The van der Waals surface area contributed by atoms with Gasteiger partial charge < -0.3 is 10.4 Å². The topological polar surface area (TPSA) is 79.3 Å². The minimum absolute atomic E-state index is 0.0205. The van der Waals surface area contributed by atoms with Gasteiger partial charge >= 0.3 is 5.97 Å². The number of thiazole rings is 1. The van der Waals surface area contributed by atoms with Gasteiger partial charge in [0.2, 0.25) is 5.91 Å². The molecule has 0 spiro atoms. The van der Waals surface area contributed by atoms with E-state index in [1.54, 1.807) is 0 Å². The Morgan fingerprint density at radius 2 is 2.00 bits per heavy atom. The molecule has 2 N–H and O–H groups in total. The number of fused-ring (bicyclic) bond motifs is 1. The van der Waals surface area contributed by atoms with E-state index in [9.17, 15) is 9.59 Å². The summed E-state index contributed by atoms with van der Waals surface area (Å²) >= 11 is 1.83. The zero-order valence-electron chi connectivity index (χ0n) is 13.3. The van der Waals surface area contributed by atoms with Crippen molar-refractivity contribution in [1.82, 2.24) is 10.3 Å². The Balaban J connectivity index is 1.37. The van der Waals surface area contributed by atoms with Gasteiger partial charge in [-0.1, -0.05) is 0 Å². The molecule has 1 aromatic rings. The molecule has 5 nitrogen and oxygen atoms in total. The average molecular weight is 336 g/mol. The van der Waals surface area contributed by atoms with Crippen molar-refractivity contribution in [1.29, 1.82) is 0 Å². The molecule has 1 saturated carbocycles. The largest absolute Gasteiger partial charge is 0.481 e. The molecule has 2 aliphatic carbocycles. The molecule has 1 heterocycles. The van der Waals surface area contributed by atoms with Gasteiger partial charge in [0.1, 0.15) is 0 Å². The third-order valence-corrected chi connectivity index (χ3v) is 6.13. The van der Waals surface area contributed by atoms with E-state index in [1.165, 1.54) is 34.8 Å². The van der Waals surface area contributed by atoms with Gasteiger partial charge in [0.15, 0.2) is 0 Å². The molecule has 3 rings (SSSR count). The molecule has 23 heavy (non-hydrogen) atoms. The molecule has 1 aromatic heterocycles. The molecule has 0 saturated heterocycles. The number of carboxylic acids is 1. The van der Waals surface area contributed by atoms with Crippen LogP contribution in [0.3, 0.4) is 0 Å².